The van der Waals surface area contributed by atoms with Gasteiger partial charge >= 0.3 is 11.7 Å². The van der Waals surface area contributed by atoms with Crippen molar-refractivity contribution in [2.24, 2.45) is 14.1 Å². The van der Waals surface area contributed by atoms with E-state index in [1.165, 1.54) is 17.7 Å². The summed E-state index contributed by atoms with van der Waals surface area (Å²) in [7, 11) is 3.14. The average molecular weight is 400 g/mol. The van der Waals surface area contributed by atoms with Gasteiger partial charge in [-0.1, -0.05) is 30.3 Å². The maximum absolute atomic E-state index is 12.6. The van der Waals surface area contributed by atoms with Gasteiger partial charge in [0.05, 0.1) is 6.61 Å². The number of hydrogen-bond donors (Lipinski definition) is 0. The van der Waals surface area contributed by atoms with Gasteiger partial charge in [-0.05, 0) is 18.9 Å². The second-order valence-corrected chi connectivity index (χ2v) is 7.22. The highest BCUT2D eigenvalue weighted by Crippen LogP contribution is 2.17. The van der Waals surface area contributed by atoms with Gasteiger partial charge < -0.3 is 9.64 Å². The number of esters is 1. The molecule has 8 nitrogen and oxygen atoms in total. The highest BCUT2D eigenvalue weighted by atomic mass is 16.5. The van der Waals surface area contributed by atoms with E-state index in [-0.39, 0.29) is 23.3 Å². The predicted octanol–water partition coefficient (Wildman–Crippen LogP) is 0.380. The van der Waals surface area contributed by atoms with Crippen LogP contribution in [0.5, 0.6) is 0 Å². The van der Waals surface area contributed by atoms with Crippen LogP contribution in [0, 0.1) is 0 Å². The predicted molar refractivity (Wildman–Crippen MR) is 111 cm³/mol. The van der Waals surface area contributed by atoms with E-state index in [4.69, 9.17) is 4.74 Å². The second-order valence-electron chi connectivity index (χ2n) is 7.22. The number of carbonyl (C=O) groups excluding carboxylic acids is 1. The summed E-state index contributed by atoms with van der Waals surface area (Å²) in [6, 6.07) is 11.0. The zero-order chi connectivity index (χ0) is 21.0. The number of ether oxygens (including phenoxy) is 1. The molecule has 0 bridgehead atoms. The van der Waals surface area contributed by atoms with Crippen LogP contribution >= 0.6 is 0 Å². The van der Waals surface area contributed by atoms with Gasteiger partial charge in [-0.25, -0.2) is 4.79 Å². The molecule has 1 aromatic heterocycles. The van der Waals surface area contributed by atoms with Crippen LogP contribution in [0.1, 0.15) is 12.5 Å². The first-order valence-electron chi connectivity index (χ1n) is 9.89. The number of rotatable bonds is 6. The molecule has 8 heteroatoms. The molecule has 29 heavy (non-hydrogen) atoms. The summed E-state index contributed by atoms with van der Waals surface area (Å²) in [4.78, 5) is 41.0. The summed E-state index contributed by atoms with van der Waals surface area (Å²) < 4.78 is 7.90. The molecule has 3 rings (SSSR count). The van der Waals surface area contributed by atoms with E-state index in [0.29, 0.717) is 45.0 Å². The van der Waals surface area contributed by atoms with E-state index in [2.05, 4.69) is 4.90 Å². The fraction of sp³-hybridized carbons (Fsp3) is 0.476. The third kappa shape index (κ3) is 4.59. The molecule has 1 fully saturated rings. The molecule has 0 radical (unpaired) electrons. The fourth-order valence-electron chi connectivity index (χ4n) is 3.72. The van der Waals surface area contributed by atoms with E-state index in [1.807, 2.05) is 42.2 Å². The number of benzene rings is 1. The monoisotopic (exact) mass is 400 g/mol. The molecule has 0 N–H and O–H groups in total. The Morgan fingerprint density at radius 1 is 1.03 bits per heavy atom. The van der Waals surface area contributed by atoms with E-state index < -0.39 is 0 Å². The molecule has 1 aliphatic heterocycles. The lowest BCUT2D eigenvalue weighted by Gasteiger charge is -2.39. The molecular weight excluding hydrogens is 372 g/mol. The van der Waals surface area contributed by atoms with Crippen molar-refractivity contribution in [3.05, 3.63) is 62.8 Å². The number of nitrogens with zero attached hydrogens (tertiary/aromatic N) is 4. The molecule has 1 aromatic carbocycles. The van der Waals surface area contributed by atoms with Crippen LogP contribution < -0.4 is 16.1 Å². The smallest absolute Gasteiger partial charge is 0.332 e. The second kappa shape index (κ2) is 9.09. The van der Waals surface area contributed by atoms with Crippen molar-refractivity contribution in [1.82, 2.24) is 14.0 Å². The number of aromatic nitrogens is 2. The standard InChI is InChI=1S/C21H28N4O4/c1-4-29-20(27)17(14-16-8-6-5-7-9-16)24-10-12-25(13-11-24)18-15-19(26)23(3)21(28)22(18)2/h5-9,15,17H,4,10-14H2,1-3H3. The molecule has 0 amide bonds. The van der Waals surface area contributed by atoms with Crippen molar-refractivity contribution in [3.8, 4) is 0 Å². The summed E-state index contributed by atoms with van der Waals surface area (Å²) in [6.07, 6.45) is 0.587. The van der Waals surface area contributed by atoms with E-state index >= 15 is 0 Å². The van der Waals surface area contributed by atoms with Crippen molar-refractivity contribution in [3.63, 3.8) is 0 Å². The number of hydrogen-bond acceptors (Lipinski definition) is 6. The molecule has 0 saturated carbocycles. The summed E-state index contributed by atoms with van der Waals surface area (Å²) >= 11 is 0. The maximum Gasteiger partial charge on any atom is 0.332 e. The van der Waals surface area contributed by atoms with Gasteiger partial charge in [-0.3, -0.25) is 23.6 Å². The molecule has 0 aliphatic carbocycles. The van der Waals surface area contributed by atoms with Crippen molar-refractivity contribution in [2.75, 3.05) is 37.7 Å². The first-order valence-corrected chi connectivity index (χ1v) is 9.89. The number of piperazine rings is 1. The maximum atomic E-state index is 12.6. The van der Waals surface area contributed by atoms with Crippen molar-refractivity contribution >= 4 is 11.8 Å². The minimum atomic E-state index is -0.355. The minimum absolute atomic E-state index is 0.217. The molecule has 1 atom stereocenters. The molecule has 156 valence electrons. The van der Waals surface area contributed by atoms with Crippen LogP contribution in [-0.2, 0) is 30.0 Å². The zero-order valence-electron chi connectivity index (χ0n) is 17.2. The summed E-state index contributed by atoms with van der Waals surface area (Å²) in [5, 5.41) is 0. The molecule has 1 unspecified atom stereocenters. The van der Waals surface area contributed by atoms with Gasteiger partial charge in [0, 0.05) is 46.3 Å². The van der Waals surface area contributed by atoms with E-state index in [0.717, 1.165) is 10.1 Å². The van der Waals surface area contributed by atoms with Gasteiger partial charge in [-0.15, -0.1) is 0 Å². The van der Waals surface area contributed by atoms with Crippen LogP contribution in [0.4, 0.5) is 5.82 Å². The van der Waals surface area contributed by atoms with Gasteiger partial charge in [0.1, 0.15) is 11.9 Å². The quantitative estimate of drug-likeness (QED) is 0.653. The Balaban J connectivity index is 1.75. The molecular formula is C21H28N4O4. The van der Waals surface area contributed by atoms with Gasteiger partial charge in [-0.2, -0.15) is 0 Å². The highest BCUT2D eigenvalue weighted by molar-refractivity contribution is 5.76. The van der Waals surface area contributed by atoms with Crippen molar-refractivity contribution < 1.29 is 9.53 Å². The topological polar surface area (TPSA) is 76.8 Å². The minimum Gasteiger partial charge on any atom is -0.465 e. The highest BCUT2D eigenvalue weighted by Gasteiger charge is 2.31. The number of anilines is 1. The molecule has 2 aromatic rings. The lowest BCUT2D eigenvalue weighted by molar-refractivity contribution is -0.149. The normalized spacial score (nSPS) is 15.9. The van der Waals surface area contributed by atoms with Crippen LogP contribution in [0.25, 0.3) is 0 Å². The SMILES string of the molecule is CCOC(=O)C(Cc1ccccc1)N1CCN(c2cc(=O)n(C)c(=O)n2C)CC1. The van der Waals surface area contributed by atoms with Crippen LogP contribution in [0.3, 0.4) is 0 Å². The Morgan fingerprint density at radius 2 is 1.69 bits per heavy atom. The van der Waals surface area contributed by atoms with Gasteiger partial charge in [0.15, 0.2) is 0 Å². The molecule has 1 saturated heterocycles. The third-order valence-corrected chi connectivity index (χ3v) is 5.41. The largest absolute Gasteiger partial charge is 0.465 e. The van der Waals surface area contributed by atoms with E-state index in [9.17, 15) is 14.4 Å². The Hall–Kier alpha value is -2.87. The molecule has 0 spiro atoms. The van der Waals surface area contributed by atoms with E-state index in [1.54, 1.807) is 7.05 Å². The lowest BCUT2D eigenvalue weighted by atomic mass is 10.0. The van der Waals surface area contributed by atoms with Gasteiger partial charge in [0.25, 0.3) is 5.56 Å². The summed E-state index contributed by atoms with van der Waals surface area (Å²) in [5.41, 5.74) is 0.421. The molecule has 1 aliphatic rings. The Bertz CT molecular complexity index is 959. The van der Waals surface area contributed by atoms with Crippen molar-refractivity contribution in [2.45, 2.75) is 19.4 Å². The first-order chi connectivity index (χ1) is 13.9. The average Bonchev–Trinajstić information content (AvgIpc) is 2.74. The Morgan fingerprint density at radius 3 is 2.31 bits per heavy atom. The van der Waals surface area contributed by atoms with Crippen LogP contribution in [0.15, 0.2) is 46.0 Å². The Labute approximate surface area is 169 Å². The lowest BCUT2D eigenvalue weighted by Crippen LogP contribution is -2.55. The first kappa shape index (κ1) is 20.9. The third-order valence-electron chi connectivity index (χ3n) is 5.41. The Kier molecular flexibility index (Phi) is 6.53. The fourth-order valence-corrected chi connectivity index (χ4v) is 3.72. The summed E-state index contributed by atoms with van der Waals surface area (Å²) in [6.45, 7) is 4.67. The number of carbonyl (C=O) groups is 1. The van der Waals surface area contributed by atoms with Crippen molar-refractivity contribution in [1.29, 1.82) is 0 Å². The van der Waals surface area contributed by atoms with Crippen LogP contribution in [-0.4, -0.2) is 58.8 Å². The molecule has 2 heterocycles. The summed E-state index contributed by atoms with van der Waals surface area (Å²) in [5.74, 6) is 0.388. The van der Waals surface area contributed by atoms with Gasteiger partial charge in [0.2, 0.25) is 0 Å². The van der Waals surface area contributed by atoms with Crippen LogP contribution in [0.2, 0.25) is 0 Å². The zero-order valence-corrected chi connectivity index (χ0v) is 17.2.